The smallest absolute Gasteiger partial charge is 0.143 e. The maximum absolute atomic E-state index is 5.89. The van der Waals surface area contributed by atoms with E-state index in [9.17, 15) is 0 Å². The van der Waals surface area contributed by atoms with Crippen molar-refractivity contribution in [2.75, 3.05) is 18.4 Å². The predicted molar refractivity (Wildman–Crippen MR) is 73.6 cm³/mol. The van der Waals surface area contributed by atoms with E-state index in [1.165, 1.54) is 32.4 Å². The average molecular weight is 317 g/mol. The van der Waals surface area contributed by atoms with Crippen LogP contribution in [0, 0.1) is 0 Å². The molecule has 2 aliphatic heterocycles. The third-order valence-corrected chi connectivity index (χ3v) is 4.89. The number of pyridine rings is 1. The first kappa shape index (κ1) is 11.8. The van der Waals surface area contributed by atoms with Crippen LogP contribution in [0.25, 0.3) is 0 Å². The molecule has 2 unspecified atom stereocenters. The average Bonchev–Trinajstić information content (AvgIpc) is 2.88. The van der Waals surface area contributed by atoms with Gasteiger partial charge < -0.3 is 5.32 Å². The molecular weight excluding hydrogens is 302 g/mol. The van der Waals surface area contributed by atoms with Crippen molar-refractivity contribution in [2.45, 2.75) is 31.3 Å². The fraction of sp³-hybridized carbons (Fsp3) is 0.583. The summed E-state index contributed by atoms with van der Waals surface area (Å²) in [5.41, 5.74) is 1.06. The molecule has 0 radical (unpaired) electrons. The van der Waals surface area contributed by atoms with Crippen molar-refractivity contribution >= 4 is 33.2 Å². The van der Waals surface area contributed by atoms with E-state index in [4.69, 9.17) is 11.6 Å². The van der Waals surface area contributed by atoms with E-state index in [-0.39, 0.29) is 0 Å². The molecule has 2 fully saturated rings. The van der Waals surface area contributed by atoms with Crippen LogP contribution in [0.5, 0.6) is 0 Å². The molecule has 3 heterocycles. The second kappa shape index (κ2) is 4.75. The third kappa shape index (κ3) is 2.30. The van der Waals surface area contributed by atoms with Crippen LogP contribution < -0.4 is 5.32 Å². The van der Waals surface area contributed by atoms with Crippen molar-refractivity contribution in [3.05, 3.63) is 21.9 Å². The highest BCUT2D eigenvalue weighted by molar-refractivity contribution is 9.10. The van der Waals surface area contributed by atoms with Crippen LogP contribution in [-0.4, -0.2) is 35.1 Å². The highest BCUT2D eigenvalue weighted by atomic mass is 79.9. The third-order valence-electron chi connectivity index (χ3n) is 3.75. The summed E-state index contributed by atoms with van der Waals surface area (Å²) in [4.78, 5) is 6.74. The fourth-order valence-corrected chi connectivity index (χ4v) is 3.42. The van der Waals surface area contributed by atoms with Gasteiger partial charge in [0.2, 0.25) is 0 Å². The molecule has 3 rings (SSSR count). The highest BCUT2D eigenvalue weighted by Crippen LogP contribution is 2.31. The number of halogens is 2. The van der Waals surface area contributed by atoms with Crippen LogP contribution in [0.2, 0.25) is 5.15 Å². The zero-order valence-electron chi connectivity index (χ0n) is 9.50. The molecular formula is C12H15BrClN3. The van der Waals surface area contributed by atoms with Gasteiger partial charge in [0.15, 0.2) is 0 Å². The number of rotatable bonds is 2. The molecule has 1 aromatic rings. The van der Waals surface area contributed by atoms with Crippen LogP contribution in [0.15, 0.2) is 16.7 Å². The minimum absolute atomic E-state index is 0.518. The van der Waals surface area contributed by atoms with Crippen LogP contribution in [0.4, 0.5) is 5.69 Å². The van der Waals surface area contributed by atoms with Crippen LogP contribution in [0.1, 0.15) is 19.3 Å². The van der Waals surface area contributed by atoms with Gasteiger partial charge in [0, 0.05) is 18.6 Å². The lowest BCUT2D eigenvalue weighted by Gasteiger charge is -2.22. The van der Waals surface area contributed by atoms with Gasteiger partial charge in [-0.25, -0.2) is 4.98 Å². The number of fused-ring (bicyclic) bond motifs is 1. The normalized spacial score (nSPS) is 28.4. The second-order valence-corrected chi connectivity index (χ2v) is 5.99. The van der Waals surface area contributed by atoms with Crippen molar-refractivity contribution in [1.29, 1.82) is 0 Å². The number of hydrogen-bond acceptors (Lipinski definition) is 3. The van der Waals surface area contributed by atoms with Gasteiger partial charge >= 0.3 is 0 Å². The molecule has 3 nitrogen and oxygen atoms in total. The number of nitrogens with one attached hydrogen (secondary N) is 1. The van der Waals surface area contributed by atoms with Gasteiger partial charge in [-0.15, -0.1) is 0 Å². The first-order valence-electron chi connectivity index (χ1n) is 6.05. The number of nitrogens with zero attached hydrogens (tertiary/aromatic N) is 2. The van der Waals surface area contributed by atoms with Crippen molar-refractivity contribution < 1.29 is 0 Å². The summed E-state index contributed by atoms with van der Waals surface area (Å²) >= 11 is 9.30. The summed E-state index contributed by atoms with van der Waals surface area (Å²) in [6, 6.07) is 3.28. The Bertz CT molecular complexity index is 426. The molecule has 2 aliphatic rings. The molecule has 0 aromatic carbocycles. The Morgan fingerprint density at radius 3 is 3.12 bits per heavy atom. The largest absolute Gasteiger partial charge is 0.379 e. The van der Waals surface area contributed by atoms with E-state index < -0.39 is 0 Å². The van der Waals surface area contributed by atoms with E-state index in [1.807, 2.05) is 12.3 Å². The summed E-state index contributed by atoms with van der Waals surface area (Å²) in [5.74, 6) is 0. The molecule has 0 aliphatic carbocycles. The van der Waals surface area contributed by atoms with Crippen LogP contribution in [0.3, 0.4) is 0 Å². The molecule has 0 bridgehead atoms. The maximum atomic E-state index is 5.89. The van der Waals surface area contributed by atoms with Crippen molar-refractivity contribution in [1.82, 2.24) is 9.88 Å². The lowest BCUT2D eigenvalue weighted by molar-refractivity contribution is 0.318. The van der Waals surface area contributed by atoms with E-state index in [2.05, 4.69) is 31.1 Å². The number of anilines is 1. The molecule has 1 N–H and O–H groups in total. The van der Waals surface area contributed by atoms with Gasteiger partial charge in [0.1, 0.15) is 5.15 Å². The first-order valence-corrected chi connectivity index (χ1v) is 7.23. The fourth-order valence-electron chi connectivity index (χ4n) is 2.97. The molecule has 2 saturated heterocycles. The predicted octanol–water partition coefficient (Wildman–Crippen LogP) is 3.15. The molecule has 0 spiro atoms. The molecule has 0 saturated carbocycles. The van der Waals surface area contributed by atoms with E-state index in [0.717, 1.165) is 10.2 Å². The Morgan fingerprint density at radius 1 is 1.41 bits per heavy atom. The zero-order valence-corrected chi connectivity index (χ0v) is 11.8. The SMILES string of the molecule is Clc1ncc(NC2CCN3CCCC23)cc1Br. The van der Waals surface area contributed by atoms with Crippen LogP contribution >= 0.6 is 27.5 Å². The minimum Gasteiger partial charge on any atom is -0.379 e. The molecule has 92 valence electrons. The summed E-state index contributed by atoms with van der Waals surface area (Å²) in [5, 5.41) is 4.11. The van der Waals surface area contributed by atoms with E-state index in [0.29, 0.717) is 17.2 Å². The lowest BCUT2D eigenvalue weighted by atomic mass is 10.1. The van der Waals surface area contributed by atoms with E-state index in [1.54, 1.807) is 0 Å². The summed E-state index contributed by atoms with van der Waals surface area (Å²) < 4.78 is 0.852. The Hall–Kier alpha value is -0.320. The topological polar surface area (TPSA) is 28.2 Å². The summed E-state index contributed by atoms with van der Waals surface area (Å²) in [7, 11) is 0. The summed E-state index contributed by atoms with van der Waals surface area (Å²) in [6.45, 7) is 2.50. The van der Waals surface area contributed by atoms with Crippen LogP contribution in [-0.2, 0) is 0 Å². The molecule has 2 atom stereocenters. The minimum atomic E-state index is 0.518. The highest BCUT2D eigenvalue weighted by Gasteiger charge is 2.36. The quantitative estimate of drug-likeness (QED) is 0.850. The second-order valence-electron chi connectivity index (χ2n) is 4.78. The molecule has 1 aromatic heterocycles. The van der Waals surface area contributed by atoms with Gasteiger partial charge in [0.05, 0.1) is 16.4 Å². The Balaban J connectivity index is 1.72. The van der Waals surface area contributed by atoms with Crippen molar-refractivity contribution in [3.63, 3.8) is 0 Å². The monoisotopic (exact) mass is 315 g/mol. The summed E-state index contributed by atoms with van der Waals surface area (Å²) in [6.07, 6.45) is 5.70. The van der Waals surface area contributed by atoms with E-state index >= 15 is 0 Å². The molecule has 17 heavy (non-hydrogen) atoms. The Kier molecular flexibility index (Phi) is 3.28. The first-order chi connectivity index (χ1) is 8.24. The van der Waals surface area contributed by atoms with Crippen molar-refractivity contribution in [2.24, 2.45) is 0 Å². The van der Waals surface area contributed by atoms with Crippen molar-refractivity contribution in [3.8, 4) is 0 Å². The van der Waals surface area contributed by atoms with Gasteiger partial charge in [-0.3, -0.25) is 4.90 Å². The standard InChI is InChI=1S/C12H15BrClN3/c13-9-6-8(7-15-12(9)14)16-10-3-5-17-4-1-2-11(10)17/h6-7,10-11,16H,1-5H2. The number of hydrogen-bond donors (Lipinski definition) is 1. The Labute approximate surface area is 115 Å². The lowest BCUT2D eigenvalue weighted by Crippen LogP contribution is -2.33. The van der Waals surface area contributed by atoms with Gasteiger partial charge in [-0.2, -0.15) is 0 Å². The zero-order chi connectivity index (χ0) is 11.8. The van der Waals surface area contributed by atoms with Gasteiger partial charge in [-0.1, -0.05) is 11.6 Å². The van der Waals surface area contributed by atoms with Gasteiger partial charge in [-0.05, 0) is 47.8 Å². The Morgan fingerprint density at radius 2 is 2.29 bits per heavy atom. The van der Waals surface area contributed by atoms with Gasteiger partial charge in [0.25, 0.3) is 0 Å². The maximum Gasteiger partial charge on any atom is 0.143 e. The molecule has 0 amide bonds. The molecule has 5 heteroatoms. The number of aromatic nitrogens is 1.